The van der Waals surface area contributed by atoms with E-state index in [9.17, 15) is 17.6 Å². The molecular formula is C15H22ClFN2O3S. The number of benzene rings is 1. The van der Waals surface area contributed by atoms with Gasteiger partial charge in [0.15, 0.2) is 14.6 Å². The molecule has 23 heavy (non-hydrogen) atoms. The topological polar surface area (TPSA) is 75.3 Å². The number of halogens is 2. The first-order valence-corrected chi connectivity index (χ1v) is 9.17. The second kappa shape index (κ2) is 8.08. The van der Waals surface area contributed by atoms with Gasteiger partial charge in [-0.2, -0.15) is 0 Å². The van der Waals surface area contributed by atoms with Crippen LogP contribution in [0.25, 0.3) is 0 Å². The maximum Gasteiger partial charge on any atom is 0.241 e. The monoisotopic (exact) mass is 364 g/mol. The quantitative estimate of drug-likeness (QED) is 0.819. The number of nitrogens with one attached hydrogen (secondary N) is 2. The first kappa shape index (κ1) is 19.9. The number of hydrogen-bond acceptors (Lipinski definition) is 4. The Labute approximate surface area is 142 Å². The lowest BCUT2D eigenvalue weighted by molar-refractivity contribution is -0.124. The van der Waals surface area contributed by atoms with E-state index in [-0.39, 0.29) is 31.1 Å². The Balaban J connectivity index is 0.00000264. The van der Waals surface area contributed by atoms with Crippen molar-refractivity contribution in [2.75, 3.05) is 25.9 Å². The van der Waals surface area contributed by atoms with Crippen LogP contribution in [0, 0.1) is 5.82 Å². The molecule has 1 aliphatic rings. The summed E-state index contributed by atoms with van der Waals surface area (Å²) >= 11 is 0. The summed E-state index contributed by atoms with van der Waals surface area (Å²) in [6.07, 6.45) is 2.23. The van der Waals surface area contributed by atoms with E-state index < -0.39 is 20.5 Å². The van der Waals surface area contributed by atoms with Crippen LogP contribution in [0.3, 0.4) is 0 Å². The van der Waals surface area contributed by atoms with Crippen LogP contribution < -0.4 is 10.6 Å². The minimum absolute atomic E-state index is 0. The van der Waals surface area contributed by atoms with Crippen molar-refractivity contribution in [2.45, 2.75) is 24.0 Å². The van der Waals surface area contributed by atoms with Crippen molar-refractivity contribution in [1.82, 2.24) is 10.6 Å². The maximum atomic E-state index is 12.8. The van der Waals surface area contributed by atoms with Gasteiger partial charge in [0.05, 0.1) is 0 Å². The Kier molecular flexibility index (Phi) is 6.98. The maximum absolute atomic E-state index is 12.8. The molecule has 1 aromatic rings. The van der Waals surface area contributed by atoms with E-state index in [0.717, 1.165) is 11.8 Å². The van der Waals surface area contributed by atoms with Gasteiger partial charge in [0, 0.05) is 12.8 Å². The average Bonchev–Trinajstić information content (AvgIpc) is 2.49. The van der Waals surface area contributed by atoms with E-state index in [1.165, 1.54) is 12.1 Å². The van der Waals surface area contributed by atoms with Crippen LogP contribution in [0.2, 0.25) is 0 Å². The van der Waals surface area contributed by atoms with Gasteiger partial charge in [-0.3, -0.25) is 4.79 Å². The third kappa shape index (κ3) is 4.65. The minimum atomic E-state index is -3.49. The molecular weight excluding hydrogens is 343 g/mol. The van der Waals surface area contributed by atoms with E-state index in [0.29, 0.717) is 26.1 Å². The largest absolute Gasteiger partial charge is 0.354 e. The van der Waals surface area contributed by atoms with Crippen LogP contribution in [0.15, 0.2) is 24.3 Å². The first-order chi connectivity index (χ1) is 10.3. The van der Waals surface area contributed by atoms with E-state index in [1.807, 2.05) is 0 Å². The molecule has 1 aliphatic heterocycles. The van der Waals surface area contributed by atoms with E-state index in [4.69, 9.17) is 0 Å². The highest BCUT2D eigenvalue weighted by Gasteiger charge is 2.48. The number of carbonyl (C=O) groups is 1. The summed E-state index contributed by atoms with van der Waals surface area (Å²) in [6.45, 7) is 1.35. The molecule has 8 heteroatoms. The second-order valence-electron chi connectivity index (χ2n) is 5.65. The number of sulfone groups is 1. The fraction of sp³-hybridized carbons (Fsp3) is 0.533. The van der Waals surface area contributed by atoms with Crippen LogP contribution >= 0.6 is 12.4 Å². The molecule has 2 rings (SSSR count). The van der Waals surface area contributed by atoms with Gasteiger partial charge in [-0.05, 0) is 50.0 Å². The van der Waals surface area contributed by atoms with E-state index in [1.54, 1.807) is 12.1 Å². The zero-order valence-corrected chi connectivity index (χ0v) is 14.6. The molecule has 5 nitrogen and oxygen atoms in total. The molecule has 0 aromatic heterocycles. The zero-order chi connectivity index (χ0) is 16.2. The van der Waals surface area contributed by atoms with Gasteiger partial charge in [-0.25, -0.2) is 12.8 Å². The summed E-state index contributed by atoms with van der Waals surface area (Å²) in [5.74, 6) is -0.739. The van der Waals surface area contributed by atoms with Gasteiger partial charge in [0.1, 0.15) is 5.82 Å². The highest BCUT2D eigenvalue weighted by Crippen LogP contribution is 2.27. The van der Waals surface area contributed by atoms with Gasteiger partial charge in [-0.15, -0.1) is 12.4 Å². The lowest BCUT2D eigenvalue weighted by atomic mass is 9.95. The molecule has 0 radical (unpaired) electrons. The fourth-order valence-electron chi connectivity index (χ4n) is 2.73. The lowest BCUT2D eigenvalue weighted by Gasteiger charge is -2.34. The average molecular weight is 365 g/mol. The molecule has 1 amide bonds. The summed E-state index contributed by atoms with van der Waals surface area (Å²) in [5.41, 5.74) is 0.889. The molecule has 1 fully saturated rings. The van der Waals surface area contributed by atoms with Crippen molar-refractivity contribution >= 4 is 28.2 Å². The number of piperidine rings is 1. The number of carbonyl (C=O) groups excluding carboxylic acids is 1. The predicted molar refractivity (Wildman–Crippen MR) is 90.0 cm³/mol. The minimum Gasteiger partial charge on any atom is -0.354 e. The third-order valence-corrected chi connectivity index (χ3v) is 6.16. The molecule has 1 saturated heterocycles. The van der Waals surface area contributed by atoms with Gasteiger partial charge in [-0.1, -0.05) is 12.1 Å². The molecule has 0 bridgehead atoms. The zero-order valence-electron chi connectivity index (χ0n) is 13.0. The smallest absolute Gasteiger partial charge is 0.241 e. The Morgan fingerprint density at radius 2 is 1.83 bits per heavy atom. The van der Waals surface area contributed by atoms with Gasteiger partial charge in [0.25, 0.3) is 0 Å². The molecule has 0 spiro atoms. The van der Waals surface area contributed by atoms with Crippen molar-refractivity contribution in [3.63, 3.8) is 0 Å². The number of hydrogen-bond donors (Lipinski definition) is 2. The summed E-state index contributed by atoms with van der Waals surface area (Å²) in [7, 11) is -3.49. The molecule has 130 valence electrons. The molecule has 2 N–H and O–H groups in total. The van der Waals surface area contributed by atoms with Crippen LogP contribution in [0.4, 0.5) is 4.39 Å². The third-order valence-electron chi connectivity index (χ3n) is 4.15. The van der Waals surface area contributed by atoms with Crippen molar-refractivity contribution in [1.29, 1.82) is 0 Å². The van der Waals surface area contributed by atoms with Crippen LogP contribution in [0.1, 0.15) is 18.4 Å². The normalized spacial score (nSPS) is 17.1. The molecule has 1 heterocycles. The van der Waals surface area contributed by atoms with E-state index >= 15 is 0 Å². The summed E-state index contributed by atoms with van der Waals surface area (Å²) in [6, 6.07) is 6.03. The second-order valence-corrected chi connectivity index (χ2v) is 7.97. The highest BCUT2D eigenvalue weighted by molar-refractivity contribution is 7.92. The highest BCUT2D eigenvalue weighted by atomic mass is 35.5. The summed E-state index contributed by atoms with van der Waals surface area (Å²) < 4.78 is 35.7. The Bertz CT molecular complexity index is 629. The van der Waals surface area contributed by atoms with Crippen LogP contribution in [-0.2, 0) is 21.1 Å². The molecule has 0 atom stereocenters. The van der Waals surface area contributed by atoms with Crippen molar-refractivity contribution in [3.05, 3.63) is 35.6 Å². The summed E-state index contributed by atoms with van der Waals surface area (Å²) in [4.78, 5) is 12.4. The van der Waals surface area contributed by atoms with Crippen molar-refractivity contribution in [2.24, 2.45) is 0 Å². The Hall–Kier alpha value is -1.18. The van der Waals surface area contributed by atoms with Crippen LogP contribution in [0.5, 0.6) is 0 Å². The van der Waals surface area contributed by atoms with Crippen molar-refractivity contribution in [3.8, 4) is 0 Å². The van der Waals surface area contributed by atoms with Crippen molar-refractivity contribution < 1.29 is 17.6 Å². The molecule has 0 aliphatic carbocycles. The van der Waals surface area contributed by atoms with Gasteiger partial charge >= 0.3 is 0 Å². The standard InChI is InChI=1S/C15H21FN2O3S.ClH/c1-22(20,21)15(7-10-17-11-8-15)14(19)18-9-6-12-2-4-13(16)5-3-12;/h2-5,17H,6-11H2,1H3,(H,18,19);1H. The SMILES string of the molecule is CS(=O)(=O)C1(C(=O)NCCc2ccc(F)cc2)CCNCC1.Cl. The lowest BCUT2D eigenvalue weighted by Crippen LogP contribution is -2.57. The number of rotatable bonds is 5. The Morgan fingerprint density at radius 3 is 2.35 bits per heavy atom. The van der Waals surface area contributed by atoms with Gasteiger partial charge < -0.3 is 10.6 Å². The fourth-order valence-corrected chi connectivity index (χ4v) is 4.08. The molecule has 0 saturated carbocycles. The molecule has 0 unspecified atom stereocenters. The predicted octanol–water partition coefficient (Wildman–Crippen LogP) is 1.07. The summed E-state index contributed by atoms with van der Waals surface area (Å²) in [5, 5.41) is 5.80. The first-order valence-electron chi connectivity index (χ1n) is 7.28. The van der Waals surface area contributed by atoms with E-state index in [2.05, 4.69) is 10.6 Å². The van der Waals surface area contributed by atoms with Gasteiger partial charge in [0.2, 0.25) is 5.91 Å². The molecule has 1 aromatic carbocycles. The Morgan fingerprint density at radius 1 is 1.26 bits per heavy atom. The number of amides is 1. The van der Waals surface area contributed by atoms with Crippen LogP contribution in [-0.4, -0.2) is 45.0 Å².